The first kappa shape index (κ1) is 21.1. The summed E-state index contributed by atoms with van der Waals surface area (Å²) in [6, 6.07) is 13.3. The van der Waals surface area contributed by atoms with Crippen LogP contribution in [0.1, 0.15) is 26.3 Å². The van der Waals surface area contributed by atoms with E-state index in [1.165, 1.54) is 6.92 Å². The zero-order chi connectivity index (χ0) is 20.4. The maximum atomic E-state index is 11.2. The van der Waals surface area contributed by atoms with Crippen LogP contribution in [0.15, 0.2) is 47.5 Å². The zero-order valence-electron chi connectivity index (χ0n) is 16.8. The van der Waals surface area contributed by atoms with Gasteiger partial charge in [0.1, 0.15) is 0 Å². The number of aliphatic imine (C=N–C) groups is 1. The fraction of sp³-hybridized carbons (Fsp3) is 0.333. The number of nitrogens with zero attached hydrogens (tertiary/aromatic N) is 1. The number of benzene rings is 2. The Bertz CT molecular complexity index is 821. The summed E-state index contributed by atoms with van der Waals surface area (Å²) in [5.74, 6) is 1.92. The third kappa shape index (κ3) is 6.50. The Morgan fingerprint density at radius 3 is 2.50 bits per heavy atom. The van der Waals surface area contributed by atoms with Crippen LogP contribution in [0.2, 0.25) is 0 Å². The highest BCUT2D eigenvalue weighted by Crippen LogP contribution is 2.30. The van der Waals surface area contributed by atoms with Crippen molar-refractivity contribution >= 4 is 23.2 Å². The van der Waals surface area contributed by atoms with Gasteiger partial charge in [0.25, 0.3) is 0 Å². The number of hydrogen-bond acceptors (Lipinski definition) is 4. The van der Waals surface area contributed by atoms with Gasteiger partial charge >= 0.3 is 0 Å². The minimum atomic E-state index is -0.0970. The third-order valence-electron chi connectivity index (χ3n) is 3.74. The third-order valence-corrected chi connectivity index (χ3v) is 3.74. The Morgan fingerprint density at radius 2 is 1.82 bits per heavy atom. The van der Waals surface area contributed by atoms with E-state index < -0.39 is 0 Å². The van der Waals surface area contributed by atoms with E-state index in [1.54, 1.807) is 7.11 Å². The van der Waals surface area contributed by atoms with Crippen molar-refractivity contribution in [2.75, 3.05) is 30.9 Å². The number of ether oxygens (including phenoxy) is 2. The smallest absolute Gasteiger partial charge is 0.221 e. The first-order chi connectivity index (χ1) is 13.5. The summed E-state index contributed by atoms with van der Waals surface area (Å²) in [7, 11) is 1.62. The lowest BCUT2D eigenvalue weighted by molar-refractivity contribution is -0.114. The summed E-state index contributed by atoms with van der Waals surface area (Å²) in [5, 5.41) is 9.29. The highest BCUT2D eigenvalue weighted by molar-refractivity contribution is 5.94. The highest BCUT2D eigenvalue weighted by atomic mass is 16.5. The van der Waals surface area contributed by atoms with Crippen molar-refractivity contribution in [3.8, 4) is 11.5 Å². The standard InChI is InChI=1S/C21H28N4O3/c1-5-22-21(23-14-16-8-7-9-17(12-16)24-15(3)26)25-18-10-11-19(27-4)20(13-18)28-6-2/h7-13H,5-6,14H2,1-4H3,(H,24,26)(H2,22,23,25). The van der Waals surface area contributed by atoms with Crippen LogP contribution < -0.4 is 25.4 Å². The molecule has 3 N–H and O–H groups in total. The Hall–Kier alpha value is -3.22. The van der Waals surface area contributed by atoms with E-state index in [0.29, 0.717) is 30.6 Å². The quantitative estimate of drug-likeness (QED) is 0.478. The van der Waals surface area contributed by atoms with E-state index in [4.69, 9.17) is 9.47 Å². The normalized spacial score (nSPS) is 10.9. The minimum absolute atomic E-state index is 0.0970. The van der Waals surface area contributed by atoms with Crippen molar-refractivity contribution in [3.63, 3.8) is 0 Å². The molecular weight excluding hydrogens is 356 g/mol. The van der Waals surface area contributed by atoms with E-state index in [0.717, 1.165) is 23.5 Å². The summed E-state index contributed by atoms with van der Waals surface area (Å²) in [5.41, 5.74) is 2.60. The van der Waals surface area contributed by atoms with Crippen LogP contribution >= 0.6 is 0 Å². The second-order valence-corrected chi connectivity index (χ2v) is 6.00. The van der Waals surface area contributed by atoms with Crippen molar-refractivity contribution in [2.45, 2.75) is 27.3 Å². The summed E-state index contributed by atoms with van der Waals surface area (Å²) in [4.78, 5) is 15.8. The summed E-state index contributed by atoms with van der Waals surface area (Å²) in [6.45, 7) is 7.18. The van der Waals surface area contributed by atoms with Crippen molar-refractivity contribution in [2.24, 2.45) is 4.99 Å². The van der Waals surface area contributed by atoms with Crippen LogP contribution in [0, 0.1) is 0 Å². The van der Waals surface area contributed by atoms with Crippen molar-refractivity contribution in [1.82, 2.24) is 5.32 Å². The van der Waals surface area contributed by atoms with Gasteiger partial charge in [0, 0.05) is 30.9 Å². The van der Waals surface area contributed by atoms with Crippen LogP contribution in [0.5, 0.6) is 11.5 Å². The average molecular weight is 384 g/mol. The molecular formula is C21H28N4O3. The molecule has 0 unspecified atom stereocenters. The number of anilines is 2. The molecule has 0 aliphatic heterocycles. The summed E-state index contributed by atoms with van der Waals surface area (Å²) in [6.07, 6.45) is 0. The molecule has 0 bridgehead atoms. The fourth-order valence-electron chi connectivity index (χ4n) is 2.59. The number of carbonyl (C=O) groups excluding carboxylic acids is 1. The lowest BCUT2D eigenvalue weighted by Gasteiger charge is -2.14. The van der Waals surface area contributed by atoms with Crippen LogP contribution in [-0.4, -0.2) is 32.1 Å². The highest BCUT2D eigenvalue weighted by Gasteiger charge is 2.07. The second kappa shape index (κ2) is 10.8. The molecule has 150 valence electrons. The van der Waals surface area contributed by atoms with Gasteiger partial charge in [-0.1, -0.05) is 12.1 Å². The van der Waals surface area contributed by atoms with Crippen LogP contribution in [0.25, 0.3) is 0 Å². The van der Waals surface area contributed by atoms with Crippen LogP contribution in [0.4, 0.5) is 11.4 Å². The van der Waals surface area contributed by atoms with Crippen molar-refractivity contribution < 1.29 is 14.3 Å². The van der Waals surface area contributed by atoms with Crippen molar-refractivity contribution in [3.05, 3.63) is 48.0 Å². The Balaban J connectivity index is 2.14. The lowest BCUT2D eigenvalue weighted by Crippen LogP contribution is -2.30. The Morgan fingerprint density at radius 1 is 1.04 bits per heavy atom. The van der Waals surface area contributed by atoms with Gasteiger partial charge in [0.05, 0.1) is 20.3 Å². The Kier molecular flexibility index (Phi) is 8.14. The molecule has 0 fully saturated rings. The van der Waals surface area contributed by atoms with Crippen LogP contribution in [0.3, 0.4) is 0 Å². The number of rotatable bonds is 8. The van der Waals surface area contributed by atoms with Gasteiger partial charge in [0.15, 0.2) is 17.5 Å². The first-order valence-electron chi connectivity index (χ1n) is 9.28. The molecule has 0 aliphatic carbocycles. The monoisotopic (exact) mass is 384 g/mol. The number of amides is 1. The zero-order valence-corrected chi connectivity index (χ0v) is 16.8. The topological polar surface area (TPSA) is 84.0 Å². The molecule has 0 aromatic heterocycles. The first-order valence-corrected chi connectivity index (χ1v) is 9.28. The van der Waals surface area contributed by atoms with E-state index in [2.05, 4.69) is 20.9 Å². The van der Waals surface area contributed by atoms with Gasteiger partial charge in [0.2, 0.25) is 5.91 Å². The van der Waals surface area contributed by atoms with Gasteiger partial charge in [-0.3, -0.25) is 4.79 Å². The van der Waals surface area contributed by atoms with Gasteiger partial charge in [-0.15, -0.1) is 0 Å². The largest absolute Gasteiger partial charge is 0.493 e. The molecule has 0 aliphatic rings. The van der Waals surface area contributed by atoms with Gasteiger partial charge in [-0.05, 0) is 43.7 Å². The molecule has 28 heavy (non-hydrogen) atoms. The van der Waals surface area contributed by atoms with E-state index in [1.807, 2.05) is 56.3 Å². The van der Waals surface area contributed by atoms with Crippen LogP contribution in [-0.2, 0) is 11.3 Å². The number of guanidine groups is 1. The molecule has 2 aromatic rings. The molecule has 0 saturated carbocycles. The molecule has 0 atom stereocenters. The SMILES string of the molecule is CCNC(=NCc1cccc(NC(C)=O)c1)Nc1ccc(OC)c(OCC)c1. The number of methoxy groups -OCH3 is 1. The summed E-state index contributed by atoms with van der Waals surface area (Å²) < 4.78 is 10.9. The second-order valence-electron chi connectivity index (χ2n) is 6.00. The molecule has 2 rings (SSSR count). The van der Waals surface area contributed by atoms with Gasteiger partial charge in [-0.2, -0.15) is 0 Å². The van der Waals surface area contributed by atoms with E-state index >= 15 is 0 Å². The summed E-state index contributed by atoms with van der Waals surface area (Å²) >= 11 is 0. The molecule has 2 aromatic carbocycles. The van der Waals surface area contributed by atoms with Crippen molar-refractivity contribution in [1.29, 1.82) is 0 Å². The van der Waals surface area contributed by atoms with E-state index in [9.17, 15) is 4.79 Å². The van der Waals surface area contributed by atoms with Gasteiger partial charge < -0.3 is 25.4 Å². The molecule has 0 radical (unpaired) electrons. The molecule has 0 heterocycles. The van der Waals surface area contributed by atoms with E-state index in [-0.39, 0.29) is 5.91 Å². The Labute approximate surface area is 166 Å². The molecule has 7 heteroatoms. The molecule has 0 spiro atoms. The fourth-order valence-corrected chi connectivity index (χ4v) is 2.59. The predicted octanol–water partition coefficient (Wildman–Crippen LogP) is 3.63. The average Bonchev–Trinajstić information content (AvgIpc) is 2.67. The lowest BCUT2D eigenvalue weighted by atomic mass is 10.2. The number of carbonyl (C=O) groups is 1. The number of hydrogen-bond donors (Lipinski definition) is 3. The molecule has 0 saturated heterocycles. The predicted molar refractivity (Wildman–Crippen MR) is 113 cm³/mol. The van der Waals surface area contributed by atoms with Gasteiger partial charge in [-0.25, -0.2) is 4.99 Å². The maximum Gasteiger partial charge on any atom is 0.221 e. The minimum Gasteiger partial charge on any atom is -0.493 e. The maximum absolute atomic E-state index is 11.2. The molecule has 7 nitrogen and oxygen atoms in total. The number of nitrogens with one attached hydrogen (secondary N) is 3. The molecule has 1 amide bonds.